The summed E-state index contributed by atoms with van der Waals surface area (Å²) in [6.45, 7) is 0. The van der Waals surface area contributed by atoms with Gasteiger partial charge in [-0.2, -0.15) is 0 Å². The van der Waals surface area contributed by atoms with Gasteiger partial charge in [0.25, 0.3) is 0 Å². The number of aromatic nitrogens is 2. The largest absolute Gasteiger partial charge is 0.256 e. The second-order valence-electron chi connectivity index (χ2n) is 4.16. The van der Waals surface area contributed by atoms with Gasteiger partial charge in [-0.05, 0) is 42.5 Å². The second kappa shape index (κ2) is 5.33. The smallest absolute Gasteiger partial charge is 0.0702 e. The van der Waals surface area contributed by atoms with Crippen molar-refractivity contribution in [3.05, 3.63) is 71.5 Å². The molecule has 0 amide bonds. The van der Waals surface area contributed by atoms with E-state index < -0.39 is 0 Å². The molecule has 1 aromatic carbocycles. The first-order valence-corrected chi connectivity index (χ1v) is 6.75. The zero-order valence-electron chi connectivity index (χ0n) is 10.1. The maximum absolute atomic E-state index is 4.38. The number of halogens is 1. The third-order valence-corrected chi connectivity index (χ3v) is 3.28. The molecule has 0 bridgehead atoms. The van der Waals surface area contributed by atoms with Crippen LogP contribution >= 0.6 is 15.9 Å². The van der Waals surface area contributed by atoms with E-state index in [9.17, 15) is 0 Å². The van der Waals surface area contributed by atoms with Crippen LogP contribution in [0.2, 0.25) is 0 Å². The van der Waals surface area contributed by atoms with Crippen LogP contribution in [0.5, 0.6) is 0 Å². The van der Waals surface area contributed by atoms with Crippen molar-refractivity contribution in [2.45, 2.75) is 0 Å². The van der Waals surface area contributed by atoms with Crippen molar-refractivity contribution in [3.63, 3.8) is 0 Å². The van der Waals surface area contributed by atoms with Gasteiger partial charge in [-0.1, -0.05) is 28.1 Å². The van der Waals surface area contributed by atoms with Crippen LogP contribution in [0.4, 0.5) is 0 Å². The highest BCUT2D eigenvalue weighted by Gasteiger charge is 2.05. The van der Waals surface area contributed by atoms with Gasteiger partial charge in [0.15, 0.2) is 0 Å². The van der Waals surface area contributed by atoms with Gasteiger partial charge in [0.1, 0.15) is 0 Å². The minimum atomic E-state index is 0.959. The van der Waals surface area contributed by atoms with Gasteiger partial charge in [0.2, 0.25) is 0 Å². The summed E-state index contributed by atoms with van der Waals surface area (Å²) >= 11 is 3.55. The Kier molecular flexibility index (Phi) is 3.38. The molecule has 0 fully saturated rings. The van der Waals surface area contributed by atoms with Gasteiger partial charge in [0, 0.05) is 28.0 Å². The Morgan fingerprint density at radius 3 is 1.63 bits per heavy atom. The average Bonchev–Trinajstić information content (AvgIpc) is 2.48. The van der Waals surface area contributed by atoms with Crippen LogP contribution in [0.25, 0.3) is 22.5 Å². The van der Waals surface area contributed by atoms with Crippen LogP contribution in [-0.4, -0.2) is 9.97 Å². The average molecular weight is 311 g/mol. The molecule has 2 heterocycles. The number of benzene rings is 1. The molecule has 0 spiro atoms. The molecule has 19 heavy (non-hydrogen) atoms. The Labute approximate surface area is 120 Å². The number of rotatable bonds is 2. The van der Waals surface area contributed by atoms with Gasteiger partial charge < -0.3 is 0 Å². The van der Waals surface area contributed by atoms with Gasteiger partial charge in [-0.15, -0.1) is 0 Å². The molecule has 0 radical (unpaired) electrons. The summed E-state index contributed by atoms with van der Waals surface area (Å²) < 4.78 is 1.02. The van der Waals surface area contributed by atoms with Crippen LogP contribution in [-0.2, 0) is 0 Å². The molecule has 0 unspecified atom stereocenters. The first-order chi connectivity index (χ1) is 9.33. The lowest BCUT2D eigenvalue weighted by atomic mass is 10.1. The Morgan fingerprint density at radius 1 is 0.684 bits per heavy atom. The fourth-order valence-electron chi connectivity index (χ4n) is 1.95. The molecule has 3 heteroatoms. The van der Waals surface area contributed by atoms with Crippen LogP contribution in [0.15, 0.2) is 71.5 Å². The molecule has 0 saturated heterocycles. The predicted octanol–water partition coefficient (Wildman–Crippen LogP) is 4.57. The van der Waals surface area contributed by atoms with Crippen LogP contribution < -0.4 is 0 Å². The molecule has 0 N–H and O–H groups in total. The van der Waals surface area contributed by atoms with E-state index >= 15 is 0 Å². The molecule has 3 aromatic rings. The summed E-state index contributed by atoms with van der Waals surface area (Å²) in [7, 11) is 0. The first-order valence-electron chi connectivity index (χ1n) is 5.96. The lowest BCUT2D eigenvalue weighted by Crippen LogP contribution is -1.86. The molecule has 0 aliphatic rings. The molecule has 2 aromatic heterocycles. The third kappa shape index (κ3) is 2.71. The molecule has 3 rings (SSSR count). The van der Waals surface area contributed by atoms with E-state index in [1.807, 2.05) is 36.4 Å². The second-order valence-corrected chi connectivity index (χ2v) is 5.07. The summed E-state index contributed by atoms with van der Waals surface area (Å²) in [6, 6.07) is 18.1. The number of hydrogen-bond acceptors (Lipinski definition) is 2. The monoisotopic (exact) mass is 310 g/mol. The van der Waals surface area contributed by atoms with E-state index in [4.69, 9.17) is 0 Å². The lowest BCUT2D eigenvalue weighted by Gasteiger charge is -2.06. The summed E-state index contributed by atoms with van der Waals surface area (Å²) in [5, 5.41) is 0. The first kappa shape index (κ1) is 12.1. The number of nitrogens with zero attached hydrogens (tertiary/aromatic N) is 2. The zero-order valence-corrected chi connectivity index (χ0v) is 11.7. The normalized spacial score (nSPS) is 10.4. The third-order valence-electron chi connectivity index (χ3n) is 2.82. The van der Waals surface area contributed by atoms with Gasteiger partial charge in [0.05, 0.1) is 11.4 Å². The topological polar surface area (TPSA) is 25.8 Å². The highest BCUT2D eigenvalue weighted by molar-refractivity contribution is 9.10. The van der Waals surface area contributed by atoms with Crippen LogP contribution in [0.1, 0.15) is 0 Å². The van der Waals surface area contributed by atoms with E-state index in [2.05, 4.69) is 44.1 Å². The van der Waals surface area contributed by atoms with Crippen molar-refractivity contribution < 1.29 is 0 Å². The maximum Gasteiger partial charge on any atom is 0.0702 e. The van der Waals surface area contributed by atoms with Gasteiger partial charge in [-0.25, -0.2) is 0 Å². The Bertz CT molecular complexity index is 624. The highest BCUT2D eigenvalue weighted by Crippen LogP contribution is 2.28. The molecular weight excluding hydrogens is 300 g/mol. The SMILES string of the molecule is Brc1cc(-c2ccccn2)cc(-c2ccccn2)c1. The predicted molar refractivity (Wildman–Crippen MR) is 80.6 cm³/mol. The summed E-state index contributed by atoms with van der Waals surface area (Å²) in [5.41, 5.74) is 4.08. The Balaban J connectivity index is 2.12. The van der Waals surface area contributed by atoms with E-state index in [1.165, 1.54) is 0 Å². The summed E-state index contributed by atoms with van der Waals surface area (Å²) in [6.07, 6.45) is 3.60. The quantitative estimate of drug-likeness (QED) is 0.692. The van der Waals surface area contributed by atoms with Crippen molar-refractivity contribution in [1.29, 1.82) is 0 Å². The minimum Gasteiger partial charge on any atom is -0.256 e. The molecule has 92 valence electrons. The van der Waals surface area contributed by atoms with E-state index in [0.29, 0.717) is 0 Å². The van der Waals surface area contributed by atoms with Crippen molar-refractivity contribution in [1.82, 2.24) is 9.97 Å². The molecular formula is C16H11BrN2. The van der Waals surface area contributed by atoms with E-state index in [1.54, 1.807) is 12.4 Å². The minimum absolute atomic E-state index is 0.959. The fourth-order valence-corrected chi connectivity index (χ4v) is 2.45. The van der Waals surface area contributed by atoms with Crippen LogP contribution in [0.3, 0.4) is 0 Å². The van der Waals surface area contributed by atoms with Crippen molar-refractivity contribution in [2.24, 2.45) is 0 Å². The molecule has 0 saturated carbocycles. The molecule has 2 nitrogen and oxygen atoms in total. The van der Waals surface area contributed by atoms with Crippen molar-refractivity contribution in [2.75, 3.05) is 0 Å². The zero-order chi connectivity index (χ0) is 13.1. The maximum atomic E-state index is 4.38. The van der Waals surface area contributed by atoms with Gasteiger partial charge >= 0.3 is 0 Å². The number of pyridine rings is 2. The van der Waals surface area contributed by atoms with E-state index in [0.717, 1.165) is 27.0 Å². The highest BCUT2D eigenvalue weighted by atomic mass is 79.9. The van der Waals surface area contributed by atoms with Crippen molar-refractivity contribution in [3.8, 4) is 22.5 Å². The Morgan fingerprint density at radius 2 is 1.21 bits per heavy atom. The Hall–Kier alpha value is -2.00. The molecule has 0 atom stereocenters. The summed E-state index contributed by atoms with van der Waals surface area (Å²) in [5.74, 6) is 0. The fraction of sp³-hybridized carbons (Fsp3) is 0. The van der Waals surface area contributed by atoms with Crippen LogP contribution in [0, 0.1) is 0 Å². The lowest BCUT2D eigenvalue weighted by molar-refractivity contribution is 1.31. The van der Waals surface area contributed by atoms with Gasteiger partial charge in [-0.3, -0.25) is 9.97 Å². The molecule has 0 aliphatic heterocycles. The van der Waals surface area contributed by atoms with Crippen molar-refractivity contribution >= 4 is 15.9 Å². The van der Waals surface area contributed by atoms with E-state index in [-0.39, 0.29) is 0 Å². The number of hydrogen-bond donors (Lipinski definition) is 0. The molecule has 0 aliphatic carbocycles. The summed E-state index contributed by atoms with van der Waals surface area (Å²) in [4.78, 5) is 8.77. The standard InChI is InChI=1S/C16H11BrN2/c17-14-10-12(15-5-1-3-7-18-15)9-13(11-14)16-6-2-4-8-19-16/h1-11H.